The summed E-state index contributed by atoms with van der Waals surface area (Å²) in [4.78, 5) is 0. The molecule has 0 radical (unpaired) electrons. The first-order valence-electron chi connectivity index (χ1n) is 4.81. The largest absolute Gasteiger partial charge is 0.505 e. The summed E-state index contributed by atoms with van der Waals surface area (Å²) < 4.78 is 12.9. The molecule has 0 atom stereocenters. The van der Waals surface area contributed by atoms with Gasteiger partial charge in [0.2, 0.25) is 0 Å². The number of phenols is 1. The first-order chi connectivity index (χ1) is 7.24. The first-order valence-corrected chi connectivity index (χ1v) is 4.81. The number of phenolic OH excluding ortho intramolecular Hbond substituents is 1. The number of rotatable bonds is 4. The molecular weight excluding hydrogens is 193 g/mol. The van der Waals surface area contributed by atoms with Crippen molar-refractivity contribution >= 4 is 0 Å². The monoisotopic (exact) mass is 207 g/mol. The van der Waals surface area contributed by atoms with Crippen molar-refractivity contribution in [3.8, 4) is 17.6 Å². The van der Waals surface area contributed by atoms with Crippen molar-refractivity contribution in [3.63, 3.8) is 0 Å². The zero-order valence-corrected chi connectivity index (χ0v) is 8.68. The molecule has 0 aliphatic carbocycles. The molecule has 0 aliphatic rings. The summed E-state index contributed by atoms with van der Waals surface area (Å²) in [5.41, 5.74) is 0.815. The molecule has 0 aromatic heterocycles. The molecule has 80 valence electrons. The molecule has 0 aliphatic heterocycles. The summed E-state index contributed by atoms with van der Waals surface area (Å²) in [6.07, 6.45) is 0.789. The lowest BCUT2D eigenvalue weighted by atomic mass is 10.2. The Labute approximate surface area is 89.1 Å². The quantitative estimate of drug-likeness (QED) is 0.585. The Morgan fingerprint density at radius 2 is 2.27 bits per heavy atom. The Morgan fingerprint density at radius 3 is 2.93 bits per heavy atom. The van der Waals surface area contributed by atoms with Crippen molar-refractivity contribution in [3.05, 3.63) is 29.6 Å². The SMILES string of the molecule is CC#CCCNCc1ccc(O)c(F)c1. The van der Waals surface area contributed by atoms with E-state index in [4.69, 9.17) is 5.11 Å². The van der Waals surface area contributed by atoms with Crippen LogP contribution in [0, 0.1) is 17.7 Å². The summed E-state index contributed by atoms with van der Waals surface area (Å²) in [6, 6.07) is 4.38. The van der Waals surface area contributed by atoms with Crippen molar-refractivity contribution in [2.75, 3.05) is 6.54 Å². The molecule has 15 heavy (non-hydrogen) atoms. The predicted octanol–water partition coefficient (Wildman–Crippen LogP) is 2.03. The zero-order valence-electron chi connectivity index (χ0n) is 8.68. The fourth-order valence-electron chi connectivity index (χ4n) is 1.17. The Kier molecular flexibility index (Phi) is 4.65. The number of nitrogens with one attached hydrogen (secondary N) is 1. The van der Waals surface area contributed by atoms with E-state index in [1.807, 2.05) is 0 Å². The van der Waals surface area contributed by atoms with Gasteiger partial charge in [-0.15, -0.1) is 11.8 Å². The molecule has 0 fully saturated rings. The molecule has 0 bridgehead atoms. The van der Waals surface area contributed by atoms with E-state index >= 15 is 0 Å². The maximum atomic E-state index is 12.9. The van der Waals surface area contributed by atoms with Gasteiger partial charge in [0.25, 0.3) is 0 Å². The van der Waals surface area contributed by atoms with E-state index < -0.39 is 5.82 Å². The van der Waals surface area contributed by atoms with Gasteiger partial charge < -0.3 is 10.4 Å². The van der Waals surface area contributed by atoms with Gasteiger partial charge in [-0.25, -0.2) is 4.39 Å². The van der Waals surface area contributed by atoms with Gasteiger partial charge in [-0.1, -0.05) is 6.07 Å². The molecule has 0 saturated heterocycles. The summed E-state index contributed by atoms with van der Waals surface area (Å²) in [5.74, 6) is 4.84. The molecule has 1 aromatic carbocycles. The van der Waals surface area contributed by atoms with Crippen LogP contribution in [-0.2, 0) is 6.54 Å². The van der Waals surface area contributed by atoms with Crippen LogP contribution in [0.2, 0.25) is 0 Å². The van der Waals surface area contributed by atoms with Crippen molar-refractivity contribution in [2.45, 2.75) is 19.9 Å². The van der Waals surface area contributed by atoms with E-state index in [-0.39, 0.29) is 5.75 Å². The lowest BCUT2D eigenvalue weighted by Gasteiger charge is -2.03. The normalized spacial score (nSPS) is 9.47. The fourth-order valence-corrected chi connectivity index (χ4v) is 1.17. The van der Waals surface area contributed by atoms with Crippen LogP contribution in [-0.4, -0.2) is 11.7 Å². The van der Waals surface area contributed by atoms with Gasteiger partial charge in [-0.2, -0.15) is 0 Å². The summed E-state index contributed by atoms with van der Waals surface area (Å²) >= 11 is 0. The van der Waals surface area contributed by atoms with Crippen LogP contribution < -0.4 is 5.32 Å². The van der Waals surface area contributed by atoms with Crippen molar-refractivity contribution < 1.29 is 9.50 Å². The topological polar surface area (TPSA) is 32.3 Å². The number of halogens is 1. The fraction of sp³-hybridized carbons (Fsp3) is 0.333. The van der Waals surface area contributed by atoms with Crippen LogP contribution in [0.5, 0.6) is 5.75 Å². The van der Waals surface area contributed by atoms with Crippen molar-refractivity contribution in [2.24, 2.45) is 0 Å². The first kappa shape index (κ1) is 11.5. The van der Waals surface area contributed by atoms with Gasteiger partial charge in [0.1, 0.15) is 0 Å². The molecule has 2 nitrogen and oxygen atoms in total. The van der Waals surface area contributed by atoms with Crippen LogP contribution in [0.3, 0.4) is 0 Å². The van der Waals surface area contributed by atoms with Crippen molar-refractivity contribution in [1.82, 2.24) is 5.32 Å². The second kappa shape index (κ2) is 6.05. The van der Waals surface area contributed by atoms with Crippen LogP contribution in [0.25, 0.3) is 0 Å². The molecule has 0 spiro atoms. The van der Waals surface area contributed by atoms with Gasteiger partial charge in [0.05, 0.1) is 0 Å². The lowest BCUT2D eigenvalue weighted by molar-refractivity contribution is 0.431. The maximum Gasteiger partial charge on any atom is 0.165 e. The molecule has 1 aromatic rings. The second-order valence-corrected chi connectivity index (χ2v) is 3.14. The highest BCUT2D eigenvalue weighted by Gasteiger charge is 2.00. The van der Waals surface area contributed by atoms with Gasteiger partial charge in [-0.3, -0.25) is 0 Å². The minimum absolute atomic E-state index is 0.310. The molecular formula is C12H14FNO. The Hall–Kier alpha value is -1.53. The van der Waals surface area contributed by atoms with E-state index in [1.165, 1.54) is 12.1 Å². The number of benzene rings is 1. The highest BCUT2D eigenvalue weighted by molar-refractivity contribution is 5.27. The predicted molar refractivity (Wildman–Crippen MR) is 57.8 cm³/mol. The van der Waals surface area contributed by atoms with Gasteiger partial charge >= 0.3 is 0 Å². The zero-order chi connectivity index (χ0) is 11.1. The van der Waals surface area contributed by atoms with Gasteiger partial charge in [0.15, 0.2) is 11.6 Å². The molecule has 0 saturated carbocycles. The van der Waals surface area contributed by atoms with Crippen LogP contribution >= 0.6 is 0 Å². The standard InChI is InChI=1S/C12H14FNO/c1-2-3-4-7-14-9-10-5-6-12(15)11(13)8-10/h5-6,8,14-15H,4,7,9H2,1H3. The smallest absolute Gasteiger partial charge is 0.165 e. The Balaban J connectivity index is 2.36. The minimum Gasteiger partial charge on any atom is -0.505 e. The molecule has 3 heteroatoms. The highest BCUT2D eigenvalue weighted by Crippen LogP contribution is 2.15. The number of hydrogen-bond acceptors (Lipinski definition) is 2. The highest BCUT2D eigenvalue weighted by atomic mass is 19.1. The Bertz CT molecular complexity index is 379. The van der Waals surface area contributed by atoms with Gasteiger partial charge in [-0.05, 0) is 24.6 Å². The van der Waals surface area contributed by atoms with Crippen LogP contribution in [0.1, 0.15) is 18.9 Å². The molecule has 0 amide bonds. The van der Waals surface area contributed by atoms with E-state index in [1.54, 1.807) is 13.0 Å². The molecule has 0 unspecified atom stereocenters. The van der Waals surface area contributed by atoms with Crippen molar-refractivity contribution in [1.29, 1.82) is 0 Å². The third-order valence-corrected chi connectivity index (χ3v) is 1.94. The molecule has 2 N–H and O–H groups in total. The summed E-state index contributed by atoms with van der Waals surface area (Å²) in [7, 11) is 0. The average molecular weight is 207 g/mol. The van der Waals surface area contributed by atoms with E-state index in [2.05, 4.69) is 17.2 Å². The van der Waals surface area contributed by atoms with Crippen LogP contribution in [0.15, 0.2) is 18.2 Å². The van der Waals surface area contributed by atoms with E-state index in [0.29, 0.717) is 6.54 Å². The summed E-state index contributed by atoms with van der Waals surface area (Å²) in [5, 5.41) is 12.1. The second-order valence-electron chi connectivity index (χ2n) is 3.14. The lowest BCUT2D eigenvalue weighted by Crippen LogP contribution is -2.14. The maximum absolute atomic E-state index is 12.9. The number of aromatic hydroxyl groups is 1. The third kappa shape index (κ3) is 4.01. The molecule has 0 heterocycles. The van der Waals surface area contributed by atoms with E-state index in [9.17, 15) is 4.39 Å². The van der Waals surface area contributed by atoms with E-state index in [0.717, 1.165) is 18.5 Å². The van der Waals surface area contributed by atoms with Crippen LogP contribution in [0.4, 0.5) is 4.39 Å². The summed E-state index contributed by atoms with van der Waals surface area (Å²) in [6.45, 7) is 3.17. The van der Waals surface area contributed by atoms with Gasteiger partial charge in [0, 0.05) is 19.5 Å². The minimum atomic E-state index is -0.581. The Morgan fingerprint density at radius 1 is 1.47 bits per heavy atom. The molecule has 1 rings (SSSR count). The average Bonchev–Trinajstić information content (AvgIpc) is 2.23. The number of hydrogen-bond donors (Lipinski definition) is 2. The third-order valence-electron chi connectivity index (χ3n) is 1.94.